The highest BCUT2D eigenvalue weighted by atomic mass is 32.2. The van der Waals surface area contributed by atoms with Gasteiger partial charge in [0.05, 0.1) is 11.9 Å². The Morgan fingerprint density at radius 3 is 2.42 bits per heavy atom. The van der Waals surface area contributed by atoms with Crippen LogP contribution in [0.15, 0.2) is 18.2 Å². The Bertz CT molecular complexity index is 765. The second-order valence-electron chi connectivity index (χ2n) is 6.99. The van der Waals surface area contributed by atoms with Gasteiger partial charge < -0.3 is 4.90 Å². The number of hydrogen-bond donors (Lipinski definition) is 0. The predicted octanol–water partition coefficient (Wildman–Crippen LogP) is 0.929. The molecule has 1 aliphatic carbocycles. The molecule has 1 aromatic carbocycles. The Labute approximate surface area is 143 Å². The lowest BCUT2D eigenvalue weighted by Crippen LogP contribution is -2.49. The van der Waals surface area contributed by atoms with E-state index in [0.29, 0.717) is 24.2 Å². The van der Waals surface area contributed by atoms with Crippen molar-refractivity contribution in [3.8, 4) is 0 Å². The zero-order valence-electron chi connectivity index (χ0n) is 13.9. The van der Waals surface area contributed by atoms with Crippen LogP contribution in [-0.2, 0) is 16.4 Å². The molecule has 7 heteroatoms. The second kappa shape index (κ2) is 5.74. The third kappa shape index (κ3) is 2.91. The van der Waals surface area contributed by atoms with Gasteiger partial charge in [-0.2, -0.15) is 0 Å². The number of carbonyl (C=O) groups excluding carboxylic acids is 1. The van der Waals surface area contributed by atoms with E-state index in [4.69, 9.17) is 0 Å². The summed E-state index contributed by atoms with van der Waals surface area (Å²) in [7, 11) is -3.25. The fourth-order valence-electron chi connectivity index (χ4n) is 3.76. The summed E-state index contributed by atoms with van der Waals surface area (Å²) in [4.78, 5) is 17.1. The van der Waals surface area contributed by atoms with E-state index in [2.05, 4.69) is 4.90 Å². The van der Waals surface area contributed by atoms with Crippen molar-refractivity contribution in [2.75, 3.05) is 43.3 Å². The van der Waals surface area contributed by atoms with Crippen molar-refractivity contribution in [2.24, 2.45) is 0 Å². The summed E-state index contributed by atoms with van der Waals surface area (Å²) in [5.41, 5.74) is 2.33. The molecule has 0 N–H and O–H groups in total. The van der Waals surface area contributed by atoms with Crippen LogP contribution in [0.5, 0.6) is 0 Å². The van der Waals surface area contributed by atoms with Gasteiger partial charge in [0.1, 0.15) is 0 Å². The smallest absolute Gasteiger partial charge is 0.253 e. The highest BCUT2D eigenvalue weighted by molar-refractivity contribution is 7.92. The van der Waals surface area contributed by atoms with Crippen LogP contribution in [0.2, 0.25) is 0 Å². The van der Waals surface area contributed by atoms with Crippen molar-refractivity contribution in [3.63, 3.8) is 0 Å². The van der Waals surface area contributed by atoms with Crippen molar-refractivity contribution >= 4 is 21.6 Å². The summed E-state index contributed by atoms with van der Waals surface area (Å²) in [5.74, 6) is 0.0612. The zero-order chi connectivity index (χ0) is 16.9. The van der Waals surface area contributed by atoms with E-state index in [9.17, 15) is 13.2 Å². The summed E-state index contributed by atoms with van der Waals surface area (Å²) in [6.45, 7) is 3.95. The predicted molar refractivity (Wildman–Crippen MR) is 92.8 cm³/mol. The van der Waals surface area contributed by atoms with Gasteiger partial charge in [-0.15, -0.1) is 0 Å². The first-order chi connectivity index (χ1) is 11.4. The van der Waals surface area contributed by atoms with Gasteiger partial charge in [-0.1, -0.05) is 0 Å². The average Bonchev–Trinajstić information content (AvgIpc) is 3.31. The first-order valence-corrected chi connectivity index (χ1v) is 10.4. The molecule has 0 bridgehead atoms. The number of rotatable bonds is 3. The minimum atomic E-state index is -3.25. The quantitative estimate of drug-likeness (QED) is 0.814. The molecule has 2 aliphatic heterocycles. The summed E-state index contributed by atoms with van der Waals surface area (Å²) in [5, 5.41) is 0. The standard InChI is InChI=1S/C17H23N3O3S/c1-24(22,23)20-7-6-13-12-14(2-5-16(13)20)17(21)19-10-8-18(9-11-19)15-3-4-15/h2,5,12,15H,3-4,6-11H2,1H3. The van der Waals surface area contributed by atoms with E-state index >= 15 is 0 Å². The van der Waals surface area contributed by atoms with Crippen LogP contribution in [0.4, 0.5) is 5.69 Å². The Balaban J connectivity index is 1.48. The molecule has 1 aromatic rings. The molecule has 2 heterocycles. The lowest BCUT2D eigenvalue weighted by Gasteiger charge is -2.35. The summed E-state index contributed by atoms with van der Waals surface area (Å²) in [6.07, 6.45) is 4.49. The Morgan fingerprint density at radius 2 is 1.79 bits per heavy atom. The Hall–Kier alpha value is -1.60. The summed E-state index contributed by atoms with van der Waals surface area (Å²) < 4.78 is 25.0. The minimum absolute atomic E-state index is 0.0612. The number of carbonyl (C=O) groups is 1. The van der Waals surface area contributed by atoms with E-state index in [1.54, 1.807) is 12.1 Å². The van der Waals surface area contributed by atoms with Gasteiger partial charge in [-0.3, -0.25) is 14.0 Å². The van der Waals surface area contributed by atoms with E-state index in [1.165, 1.54) is 23.4 Å². The lowest BCUT2D eigenvalue weighted by atomic mass is 10.1. The Kier molecular flexibility index (Phi) is 3.80. The van der Waals surface area contributed by atoms with Crippen LogP contribution in [0.1, 0.15) is 28.8 Å². The SMILES string of the molecule is CS(=O)(=O)N1CCc2cc(C(=O)N3CCN(C4CC4)CC3)ccc21. The van der Waals surface area contributed by atoms with Crippen molar-refractivity contribution in [3.05, 3.63) is 29.3 Å². The zero-order valence-corrected chi connectivity index (χ0v) is 14.8. The highest BCUT2D eigenvalue weighted by Crippen LogP contribution is 2.31. The first kappa shape index (κ1) is 15.9. The van der Waals surface area contributed by atoms with Crippen molar-refractivity contribution in [1.29, 1.82) is 0 Å². The third-order valence-electron chi connectivity index (χ3n) is 5.24. The molecule has 2 fully saturated rings. The number of benzene rings is 1. The fraction of sp³-hybridized carbons (Fsp3) is 0.588. The van der Waals surface area contributed by atoms with Gasteiger partial charge >= 0.3 is 0 Å². The maximum Gasteiger partial charge on any atom is 0.253 e. The molecule has 24 heavy (non-hydrogen) atoms. The molecule has 4 rings (SSSR count). The van der Waals surface area contributed by atoms with Crippen LogP contribution >= 0.6 is 0 Å². The van der Waals surface area contributed by atoms with Gasteiger partial charge in [0, 0.05) is 44.3 Å². The molecule has 0 aromatic heterocycles. The van der Waals surface area contributed by atoms with Crippen molar-refractivity contribution in [2.45, 2.75) is 25.3 Å². The third-order valence-corrected chi connectivity index (χ3v) is 6.42. The molecule has 0 atom stereocenters. The molecular formula is C17H23N3O3S. The maximum atomic E-state index is 12.7. The largest absolute Gasteiger partial charge is 0.336 e. The highest BCUT2D eigenvalue weighted by Gasteiger charge is 2.33. The van der Waals surface area contributed by atoms with Gasteiger partial charge in [-0.25, -0.2) is 8.42 Å². The van der Waals surface area contributed by atoms with Gasteiger partial charge in [0.15, 0.2) is 0 Å². The van der Waals surface area contributed by atoms with Crippen molar-refractivity contribution in [1.82, 2.24) is 9.80 Å². The van der Waals surface area contributed by atoms with Gasteiger partial charge in [0.25, 0.3) is 5.91 Å². The van der Waals surface area contributed by atoms with Crippen molar-refractivity contribution < 1.29 is 13.2 Å². The molecule has 0 radical (unpaired) electrons. The van der Waals surface area contributed by atoms with E-state index in [1.807, 2.05) is 11.0 Å². The molecule has 130 valence electrons. The molecular weight excluding hydrogens is 326 g/mol. The molecule has 1 saturated heterocycles. The number of fused-ring (bicyclic) bond motifs is 1. The molecule has 0 spiro atoms. The molecule has 1 saturated carbocycles. The Morgan fingerprint density at radius 1 is 1.08 bits per heavy atom. The van der Waals surface area contributed by atoms with Crippen LogP contribution in [0.25, 0.3) is 0 Å². The van der Waals surface area contributed by atoms with Crippen LogP contribution in [-0.4, -0.2) is 69.1 Å². The van der Waals surface area contributed by atoms with Gasteiger partial charge in [-0.05, 0) is 43.0 Å². The lowest BCUT2D eigenvalue weighted by molar-refractivity contribution is 0.0627. The number of sulfonamides is 1. The fourth-order valence-corrected chi connectivity index (χ4v) is 4.72. The molecule has 6 nitrogen and oxygen atoms in total. The number of nitrogens with zero attached hydrogens (tertiary/aromatic N) is 3. The normalized spacial score (nSPS) is 21.9. The van der Waals surface area contributed by atoms with Crippen LogP contribution < -0.4 is 4.31 Å². The maximum absolute atomic E-state index is 12.7. The number of piperazine rings is 1. The number of amides is 1. The van der Waals surface area contributed by atoms with E-state index in [0.717, 1.165) is 37.8 Å². The number of hydrogen-bond acceptors (Lipinski definition) is 4. The monoisotopic (exact) mass is 349 g/mol. The molecule has 1 amide bonds. The molecule has 3 aliphatic rings. The van der Waals surface area contributed by atoms with E-state index < -0.39 is 10.0 Å². The summed E-state index contributed by atoms with van der Waals surface area (Å²) in [6, 6.07) is 6.16. The number of anilines is 1. The molecule has 0 unspecified atom stereocenters. The minimum Gasteiger partial charge on any atom is -0.336 e. The second-order valence-corrected chi connectivity index (χ2v) is 8.89. The summed E-state index contributed by atoms with van der Waals surface area (Å²) >= 11 is 0. The topological polar surface area (TPSA) is 60.9 Å². The first-order valence-electron chi connectivity index (χ1n) is 8.57. The van der Waals surface area contributed by atoms with Gasteiger partial charge in [0.2, 0.25) is 10.0 Å². The van der Waals surface area contributed by atoms with Crippen LogP contribution in [0.3, 0.4) is 0 Å². The van der Waals surface area contributed by atoms with E-state index in [-0.39, 0.29) is 5.91 Å². The van der Waals surface area contributed by atoms with Crippen LogP contribution in [0, 0.1) is 0 Å². The average molecular weight is 349 g/mol.